The Morgan fingerprint density at radius 1 is 1.14 bits per heavy atom. The largest absolute Gasteiger partial charge is 0.493 e. The third-order valence-electron chi connectivity index (χ3n) is 3.61. The number of benzene rings is 2. The van der Waals surface area contributed by atoms with Gasteiger partial charge in [-0.25, -0.2) is 13.8 Å². The van der Waals surface area contributed by atoms with Crippen molar-refractivity contribution in [2.24, 2.45) is 5.10 Å². The van der Waals surface area contributed by atoms with Crippen molar-refractivity contribution in [3.05, 3.63) is 51.6 Å². The molecule has 0 atom stereocenters. The zero-order valence-corrected chi connectivity index (χ0v) is 18.5. The molecule has 0 spiro atoms. The predicted molar refractivity (Wildman–Crippen MR) is 117 cm³/mol. The molecule has 0 saturated heterocycles. The summed E-state index contributed by atoms with van der Waals surface area (Å²) in [6.45, 7) is -0.386. The molecule has 28 heavy (non-hydrogen) atoms. The van der Waals surface area contributed by atoms with E-state index in [1.54, 1.807) is 42.5 Å². The van der Waals surface area contributed by atoms with Gasteiger partial charge in [0.25, 0.3) is 5.91 Å². The first-order valence-electron chi connectivity index (χ1n) is 8.02. The van der Waals surface area contributed by atoms with Gasteiger partial charge >= 0.3 is 0 Å². The molecule has 0 aliphatic carbocycles. The summed E-state index contributed by atoms with van der Waals surface area (Å²) in [7, 11) is -0.579. The monoisotopic (exact) mass is 517 g/mol. The van der Waals surface area contributed by atoms with Crippen molar-refractivity contribution in [3.63, 3.8) is 0 Å². The fourth-order valence-corrected chi connectivity index (χ4v) is 3.50. The van der Waals surface area contributed by atoms with Gasteiger partial charge in [-0.15, -0.1) is 0 Å². The number of nitrogens with zero attached hydrogens (tertiary/aromatic N) is 2. The number of hydrogen-bond donors (Lipinski definition) is 1. The van der Waals surface area contributed by atoms with Crippen molar-refractivity contribution in [3.8, 4) is 11.5 Å². The van der Waals surface area contributed by atoms with Gasteiger partial charge in [0, 0.05) is 3.57 Å². The van der Waals surface area contributed by atoms with E-state index in [4.69, 9.17) is 9.47 Å². The summed E-state index contributed by atoms with van der Waals surface area (Å²) in [5.41, 5.74) is 3.41. The predicted octanol–water partition coefficient (Wildman–Crippen LogP) is 2.22. The van der Waals surface area contributed by atoms with Crippen LogP contribution in [0.1, 0.15) is 5.56 Å². The zero-order valence-electron chi connectivity index (χ0n) is 15.5. The van der Waals surface area contributed by atoms with E-state index in [1.807, 2.05) is 0 Å². The molecule has 0 heterocycles. The zero-order chi connectivity index (χ0) is 20.7. The molecule has 0 radical (unpaired) electrons. The molecule has 0 saturated carbocycles. The number of halogens is 1. The summed E-state index contributed by atoms with van der Waals surface area (Å²) in [5, 5.41) is 3.87. The molecule has 0 fully saturated rings. The Kier molecular flexibility index (Phi) is 7.63. The maximum Gasteiger partial charge on any atom is 0.260 e. The molecule has 0 aliphatic heterocycles. The Morgan fingerprint density at radius 2 is 1.79 bits per heavy atom. The number of hydrazone groups is 1. The summed E-state index contributed by atoms with van der Waals surface area (Å²) < 4.78 is 36.5. The highest BCUT2D eigenvalue weighted by Gasteiger charge is 2.20. The van der Waals surface area contributed by atoms with Crippen LogP contribution in [0.4, 0.5) is 5.69 Å². The minimum Gasteiger partial charge on any atom is -0.493 e. The maximum absolute atomic E-state index is 12.2. The fraction of sp³-hybridized carbons (Fsp3) is 0.222. The molecule has 0 aliphatic rings. The number of carbonyl (C=O) groups excluding carboxylic acids is 1. The van der Waals surface area contributed by atoms with Crippen LogP contribution >= 0.6 is 22.6 Å². The molecule has 2 aromatic carbocycles. The standard InChI is InChI=1S/C18H20IN3O5S/c1-26-16-9-4-13(10-17(16)27-2)11-20-21-18(23)12-22(28(3,24)25)15-7-5-14(19)6-8-15/h4-11H,12H2,1-3H3,(H,21,23)/b20-11-. The van der Waals surface area contributed by atoms with Gasteiger partial charge in [-0.3, -0.25) is 9.10 Å². The van der Waals surface area contributed by atoms with Crippen molar-refractivity contribution < 1.29 is 22.7 Å². The smallest absolute Gasteiger partial charge is 0.260 e. The summed E-state index contributed by atoms with van der Waals surface area (Å²) in [6, 6.07) is 12.0. The number of rotatable bonds is 8. The van der Waals surface area contributed by atoms with Crippen LogP contribution < -0.4 is 19.2 Å². The molecular formula is C18H20IN3O5S. The molecule has 1 N–H and O–H groups in total. The topological polar surface area (TPSA) is 97.3 Å². The first-order chi connectivity index (χ1) is 13.2. The lowest BCUT2D eigenvalue weighted by Gasteiger charge is -2.21. The number of sulfonamides is 1. The van der Waals surface area contributed by atoms with E-state index in [2.05, 4.69) is 33.1 Å². The first-order valence-corrected chi connectivity index (χ1v) is 10.9. The SMILES string of the molecule is COc1ccc(/C=N\NC(=O)CN(c2ccc(I)cc2)S(C)(=O)=O)cc1OC. The van der Waals surface area contributed by atoms with E-state index in [1.165, 1.54) is 20.4 Å². The quantitative estimate of drug-likeness (QED) is 0.329. The molecule has 8 nitrogen and oxygen atoms in total. The lowest BCUT2D eigenvalue weighted by molar-refractivity contribution is -0.119. The van der Waals surface area contributed by atoms with Gasteiger partial charge in [-0.1, -0.05) is 0 Å². The molecule has 0 unspecified atom stereocenters. The number of nitrogens with one attached hydrogen (secondary N) is 1. The van der Waals surface area contributed by atoms with Crippen LogP contribution in [0, 0.1) is 3.57 Å². The highest BCUT2D eigenvalue weighted by Crippen LogP contribution is 2.26. The van der Waals surface area contributed by atoms with E-state index in [9.17, 15) is 13.2 Å². The number of methoxy groups -OCH3 is 2. The fourth-order valence-electron chi connectivity index (χ4n) is 2.29. The number of ether oxygens (including phenoxy) is 2. The van der Waals surface area contributed by atoms with Crippen molar-refractivity contribution in [2.75, 3.05) is 31.3 Å². The van der Waals surface area contributed by atoms with Crippen LogP contribution in [-0.4, -0.2) is 47.6 Å². The molecule has 2 aromatic rings. The Bertz CT molecular complexity index is 962. The number of anilines is 1. The van der Waals surface area contributed by atoms with Crippen LogP contribution in [0.5, 0.6) is 11.5 Å². The van der Waals surface area contributed by atoms with Crippen molar-refractivity contribution >= 4 is 50.4 Å². The highest BCUT2D eigenvalue weighted by molar-refractivity contribution is 14.1. The average Bonchev–Trinajstić information content (AvgIpc) is 2.66. The van der Waals surface area contributed by atoms with E-state index in [0.717, 1.165) is 14.1 Å². The second kappa shape index (κ2) is 9.73. The Morgan fingerprint density at radius 3 is 2.36 bits per heavy atom. The van der Waals surface area contributed by atoms with E-state index >= 15 is 0 Å². The Hall–Kier alpha value is -2.34. The van der Waals surface area contributed by atoms with Gasteiger partial charge in [0.2, 0.25) is 10.0 Å². The van der Waals surface area contributed by atoms with Crippen molar-refractivity contribution in [1.82, 2.24) is 5.43 Å². The molecule has 1 amide bonds. The van der Waals surface area contributed by atoms with Gasteiger partial charge in [0.1, 0.15) is 6.54 Å². The highest BCUT2D eigenvalue weighted by atomic mass is 127. The van der Waals surface area contributed by atoms with Crippen molar-refractivity contribution in [1.29, 1.82) is 0 Å². The molecule has 2 rings (SSSR count). The van der Waals surface area contributed by atoms with Crippen LogP contribution in [0.2, 0.25) is 0 Å². The van der Waals surface area contributed by atoms with Gasteiger partial charge in [-0.05, 0) is 70.6 Å². The minimum atomic E-state index is -3.63. The molecule has 150 valence electrons. The third kappa shape index (κ3) is 6.09. The van der Waals surface area contributed by atoms with Crippen LogP contribution in [0.15, 0.2) is 47.6 Å². The van der Waals surface area contributed by atoms with Gasteiger partial charge in [0.05, 0.1) is 32.4 Å². The number of amides is 1. The Balaban J connectivity index is 2.07. The van der Waals surface area contributed by atoms with Crippen LogP contribution in [0.25, 0.3) is 0 Å². The van der Waals surface area contributed by atoms with Gasteiger partial charge in [-0.2, -0.15) is 5.10 Å². The molecule has 0 bridgehead atoms. The summed E-state index contributed by atoms with van der Waals surface area (Å²) >= 11 is 2.12. The minimum absolute atomic E-state index is 0.386. The summed E-state index contributed by atoms with van der Waals surface area (Å²) in [5.74, 6) is 0.533. The van der Waals surface area contributed by atoms with E-state index in [-0.39, 0.29) is 6.54 Å². The van der Waals surface area contributed by atoms with E-state index in [0.29, 0.717) is 22.7 Å². The lowest BCUT2D eigenvalue weighted by atomic mass is 10.2. The van der Waals surface area contributed by atoms with Crippen LogP contribution in [0.3, 0.4) is 0 Å². The van der Waals surface area contributed by atoms with Gasteiger partial charge < -0.3 is 9.47 Å². The summed E-state index contributed by atoms with van der Waals surface area (Å²) in [4.78, 5) is 12.2. The van der Waals surface area contributed by atoms with Crippen LogP contribution in [-0.2, 0) is 14.8 Å². The van der Waals surface area contributed by atoms with E-state index < -0.39 is 15.9 Å². The third-order valence-corrected chi connectivity index (χ3v) is 5.47. The lowest BCUT2D eigenvalue weighted by Crippen LogP contribution is -2.39. The average molecular weight is 517 g/mol. The molecular weight excluding hydrogens is 497 g/mol. The molecule has 0 aromatic heterocycles. The van der Waals surface area contributed by atoms with Gasteiger partial charge in [0.15, 0.2) is 11.5 Å². The molecule has 10 heteroatoms. The normalized spacial score (nSPS) is 11.3. The number of carbonyl (C=O) groups is 1. The van der Waals surface area contributed by atoms with Crippen molar-refractivity contribution in [2.45, 2.75) is 0 Å². The Labute approximate surface area is 177 Å². The second-order valence-electron chi connectivity index (χ2n) is 5.65. The first kappa shape index (κ1) is 22.0. The number of hydrogen-bond acceptors (Lipinski definition) is 6. The second-order valence-corrected chi connectivity index (χ2v) is 8.81. The maximum atomic E-state index is 12.2. The summed E-state index contributed by atoms with van der Waals surface area (Å²) in [6.07, 6.45) is 2.47.